The van der Waals surface area contributed by atoms with Crippen molar-refractivity contribution in [3.63, 3.8) is 0 Å². The summed E-state index contributed by atoms with van der Waals surface area (Å²) in [6.45, 7) is 1.30. The van der Waals surface area contributed by atoms with E-state index in [1.54, 1.807) is 32.7 Å². The van der Waals surface area contributed by atoms with Crippen molar-refractivity contribution in [2.45, 2.75) is 13.0 Å². The Morgan fingerprint density at radius 2 is 1.79 bits per heavy atom. The second-order valence-electron chi connectivity index (χ2n) is 6.73. The van der Waals surface area contributed by atoms with Crippen LogP contribution in [-0.4, -0.2) is 41.5 Å². The number of carbonyl (C=O) groups excluding carboxylic acids is 1. The van der Waals surface area contributed by atoms with Crippen LogP contribution < -0.4 is 14.8 Å². The first-order valence-electron chi connectivity index (χ1n) is 9.35. The molecule has 4 rings (SSSR count). The van der Waals surface area contributed by atoms with E-state index in [1.165, 1.54) is 11.1 Å². The first kappa shape index (κ1) is 18.7. The van der Waals surface area contributed by atoms with Crippen LogP contribution in [0.25, 0.3) is 0 Å². The maximum atomic E-state index is 12.8. The topological polar surface area (TPSA) is 76.6 Å². The lowest BCUT2D eigenvalue weighted by Crippen LogP contribution is -2.36. The lowest BCUT2D eigenvalue weighted by molar-refractivity contribution is 0.0734. The fourth-order valence-corrected chi connectivity index (χ4v) is 3.38. The van der Waals surface area contributed by atoms with E-state index in [4.69, 9.17) is 9.47 Å². The normalized spacial score (nSPS) is 12.8. The minimum atomic E-state index is -0.0620. The highest BCUT2D eigenvalue weighted by atomic mass is 16.5. The summed E-state index contributed by atoms with van der Waals surface area (Å²) in [4.78, 5) is 23.3. The Labute approximate surface area is 169 Å². The maximum absolute atomic E-state index is 12.8. The van der Waals surface area contributed by atoms with E-state index < -0.39 is 0 Å². The SMILES string of the molecule is COc1ccc(Nc2ncc(C(=O)N3CCc4ccccc4C3)cn2)c(OC)c1. The van der Waals surface area contributed by atoms with Crippen LogP contribution in [0.2, 0.25) is 0 Å². The van der Waals surface area contributed by atoms with Gasteiger partial charge in [-0.2, -0.15) is 0 Å². The molecule has 0 spiro atoms. The fourth-order valence-electron chi connectivity index (χ4n) is 3.38. The van der Waals surface area contributed by atoms with Crippen LogP contribution in [0.15, 0.2) is 54.9 Å². The maximum Gasteiger partial charge on any atom is 0.257 e. The number of hydrogen-bond donors (Lipinski definition) is 1. The number of amides is 1. The highest BCUT2D eigenvalue weighted by molar-refractivity contribution is 5.93. The largest absolute Gasteiger partial charge is 0.497 e. The van der Waals surface area contributed by atoms with Gasteiger partial charge in [0.25, 0.3) is 5.91 Å². The van der Waals surface area contributed by atoms with Gasteiger partial charge in [-0.05, 0) is 29.7 Å². The van der Waals surface area contributed by atoms with E-state index in [0.717, 1.165) is 6.42 Å². The summed E-state index contributed by atoms with van der Waals surface area (Å²) < 4.78 is 10.6. The van der Waals surface area contributed by atoms with Gasteiger partial charge in [0.05, 0.1) is 25.5 Å². The second-order valence-corrected chi connectivity index (χ2v) is 6.73. The first-order chi connectivity index (χ1) is 14.2. The van der Waals surface area contributed by atoms with Gasteiger partial charge >= 0.3 is 0 Å². The Balaban J connectivity index is 1.46. The molecule has 2 aromatic carbocycles. The second kappa shape index (κ2) is 8.18. The van der Waals surface area contributed by atoms with Crippen molar-refractivity contribution >= 4 is 17.5 Å². The zero-order valence-corrected chi connectivity index (χ0v) is 16.4. The molecule has 29 heavy (non-hydrogen) atoms. The number of benzene rings is 2. The minimum Gasteiger partial charge on any atom is -0.497 e. The molecular weight excluding hydrogens is 368 g/mol. The molecule has 2 heterocycles. The molecule has 1 aliphatic rings. The minimum absolute atomic E-state index is 0.0620. The molecule has 0 fully saturated rings. The van der Waals surface area contributed by atoms with Gasteiger partial charge in [-0.25, -0.2) is 9.97 Å². The molecule has 1 N–H and O–H groups in total. The van der Waals surface area contributed by atoms with E-state index in [9.17, 15) is 4.79 Å². The van der Waals surface area contributed by atoms with Gasteiger partial charge in [-0.3, -0.25) is 4.79 Å². The standard InChI is InChI=1S/C22H22N4O3/c1-28-18-7-8-19(20(11-18)29-2)25-22-23-12-17(13-24-22)21(27)26-10-9-15-5-3-4-6-16(15)14-26/h3-8,11-13H,9-10,14H2,1-2H3,(H,23,24,25). The summed E-state index contributed by atoms with van der Waals surface area (Å²) in [5, 5.41) is 3.11. The molecule has 0 saturated carbocycles. The molecule has 0 bridgehead atoms. The summed E-state index contributed by atoms with van der Waals surface area (Å²) in [5.41, 5.74) is 3.68. The third-order valence-corrected chi connectivity index (χ3v) is 4.97. The molecular formula is C22H22N4O3. The number of anilines is 2. The third-order valence-electron chi connectivity index (χ3n) is 4.97. The quantitative estimate of drug-likeness (QED) is 0.719. The van der Waals surface area contributed by atoms with Crippen LogP contribution in [0.5, 0.6) is 11.5 Å². The zero-order valence-electron chi connectivity index (χ0n) is 16.4. The molecule has 0 saturated heterocycles. The van der Waals surface area contributed by atoms with E-state index in [0.29, 0.717) is 41.8 Å². The van der Waals surface area contributed by atoms with E-state index in [1.807, 2.05) is 29.2 Å². The number of methoxy groups -OCH3 is 2. The van der Waals surface area contributed by atoms with Gasteiger partial charge in [0.15, 0.2) is 0 Å². The number of carbonyl (C=O) groups is 1. The molecule has 1 aliphatic heterocycles. The number of nitrogens with one attached hydrogen (secondary N) is 1. The number of nitrogens with zero attached hydrogens (tertiary/aromatic N) is 3. The average Bonchev–Trinajstić information content (AvgIpc) is 2.79. The average molecular weight is 390 g/mol. The van der Waals surface area contributed by atoms with E-state index in [-0.39, 0.29) is 5.91 Å². The third kappa shape index (κ3) is 3.99. The van der Waals surface area contributed by atoms with Crippen molar-refractivity contribution in [3.05, 3.63) is 71.5 Å². The number of rotatable bonds is 5. The van der Waals surface area contributed by atoms with Crippen molar-refractivity contribution in [2.24, 2.45) is 0 Å². The Morgan fingerprint density at radius 3 is 2.52 bits per heavy atom. The van der Waals surface area contributed by atoms with Crippen molar-refractivity contribution in [1.29, 1.82) is 0 Å². The number of aromatic nitrogens is 2. The van der Waals surface area contributed by atoms with Crippen LogP contribution >= 0.6 is 0 Å². The number of fused-ring (bicyclic) bond motifs is 1. The predicted octanol–water partition coefficient (Wildman–Crippen LogP) is 3.44. The highest BCUT2D eigenvalue weighted by Crippen LogP contribution is 2.30. The lowest BCUT2D eigenvalue weighted by atomic mass is 9.99. The van der Waals surface area contributed by atoms with E-state index >= 15 is 0 Å². The Bertz CT molecular complexity index is 1020. The monoisotopic (exact) mass is 390 g/mol. The molecule has 148 valence electrons. The molecule has 3 aromatic rings. The molecule has 7 heteroatoms. The van der Waals surface area contributed by atoms with Crippen molar-refractivity contribution in [1.82, 2.24) is 14.9 Å². The molecule has 1 amide bonds. The molecule has 0 aliphatic carbocycles. The summed E-state index contributed by atoms with van der Waals surface area (Å²) in [6.07, 6.45) is 3.96. The van der Waals surface area contributed by atoms with Crippen LogP contribution in [-0.2, 0) is 13.0 Å². The smallest absolute Gasteiger partial charge is 0.257 e. The lowest BCUT2D eigenvalue weighted by Gasteiger charge is -2.28. The van der Waals surface area contributed by atoms with Crippen LogP contribution in [0, 0.1) is 0 Å². The van der Waals surface area contributed by atoms with Crippen LogP contribution in [0.1, 0.15) is 21.5 Å². The first-order valence-corrected chi connectivity index (χ1v) is 9.35. The van der Waals surface area contributed by atoms with Gasteiger partial charge < -0.3 is 19.7 Å². The molecule has 0 atom stereocenters. The molecule has 0 radical (unpaired) electrons. The Hall–Kier alpha value is -3.61. The number of hydrogen-bond acceptors (Lipinski definition) is 6. The van der Waals surface area contributed by atoms with E-state index in [2.05, 4.69) is 27.4 Å². The highest BCUT2D eigenvalue weighted by Gasteiger charge is 2.22. The van der Waals surface area contributed by atoms with Gasteiger partial charge in [-0.15, -0.1) is 0 Å². The van der Waals surface area contributed by atoms with Crippen LogP contribution in [0.4, 0.5) is 11.6 Å². The Morgan fingerprint density at radius 1 is 1.03 bits per heavy atom. The fraction of sp³-hybridized carbons (Fsp3) is 0.227. The molecule has 7 nitrogen and oxygen atoms in total. The van der Waals surface area contributed by atoms with Crippen LogP contribution in [0.3, 0.4) is 0 Å². The molecule has 1 aromatic heterocycles. The number of ether oxygens (including phenoxy) is 2. The predicted molar refractivity (Wildman–Crippen MR) is 110 cm³/mol. The van der Waals surface area contributed by atoms with Crippen molar-refractivity contribution in [3.8, 4) is 11.5 Å². The summed E-state index contributed by atoms with van der Waals surface area (Å²) in [5.74, 6) is 1.62. The van der Waals surface area contributed by atoms with Gasteiger partial charge in [-0.1, -0.05) is 24.3 Å². The van der Waals surface area contributed by atoms with Gasteiger partial charge in [0.2, 0.25) is 5.95 Å². The van der Waals surface area contributed by atoms with Gasteiger partial charge in [0.1, 0.15) is 11.5 Å². The summed E-state index contributed by atoms with van der Waals surface area (Å²) in [7, 11) is 3.18. The van der Waals surface area contributed by atoms with Gasteiger partial charge in [0, 0.05) is 31.5 Å². The summed E-state index contributed by atoms with van der Waals surface area (Å²) in [6, 6.07) is 13.6. The van der Waals surface area contributed by atoms with Crippen molar-refractivity contribution < 1.29 is 14.3 Å². The zero-order chi connectivity index (χ0) is 20.2. The summed E-state index contributed by atoms with van der Waals surface area (Å²) >= 11 is 0. The molecule has 0 unspecified atom stereocenters. The Kier molecular flexibility index (Phi) is 5.29. The van der Waals surface area contributed by atoms with Crippen molar-refractivity contribution in [2.75, 3.05) is 26.1 Å².